The molecule has 3 rings (SSSR count). The summed E-state index contributed by atoms with van der Waals surface area (Å²) in [5.41, 5.74) is 0.624. The predicted molar refractivity (Wildman–Crippen MR) is 105 cm³/mol. The predicted octanol–water partition coefficient (Wildman–Crippen LogP) is 4.71. The molecule has 140 valence electrons. The highest BCUT2D eigenvalue weighted by Gasteiger charge is 2.34. The molecule has 1 aliphatic rings. The third-order valence-corrected chi connectivity index (χ3v) is 5.27. The number of hydrogen-bond donors (Lipinski definition) is 0. The molecule has 0 aliphatic carbocycles. The number of carbonyl (C=O) groups excluding carboxylic acids is 2. The highest BCUT2D eigenvalue weighted by molar-refractivity contribution is 9.10. The van der Waals surface area contributed by atoms with Gasteiger partial charge in [0.2, 0.25) is 0 Å². The lowest BCUT2D eigenvalue weighted by atomic mass is 10.2. The van der Waals surface area contributed by atoms with Gasteiger partial charge in [0.05, 0.1) is 23.0 Å². The molecular formula is C19H15BrFNO4S. The van der Waals surface area contributed by atoms with Gasteiger partial charge in [-0.25, -0.2) is 4.39 Å². The van der Waals surface area contributed by atoms with Crippen molar-refractivity contribution >= 4 is 44.9 Å². The van der Waals surface area contributed by atoms with Crippen LogP contribution in [0.25, 0.3) is 6.08 Å². The molecule has 0 radical (unpaired) electrons. The second kappa shape index (κ2) is 8.58. The summed E-state index contributed by atoms with van der Waals surface area (Å²) in [5.74, 6) is 0.329. The molecule has 2 amide bonds. The van der Waals surface area contributed by atoms with Gasteiger partial charge in [-0.3, -0.25) is 14.5 Å². The molecule has 0 spiro atoms. The van der Waals surface area contributed by atoms with Gasteiger partial charge in [-0.1, -0.05) is 18.2 Å². The second-order valence-corrected chi connectivity index (χ2v) is 7.35. The van der Waals surface area contributed by atoms with E-state index >= 15 is 0 Å². The average molecular weight is 452 g/mol. The summed E-state index contributed by atoms with van der Waals surface area (Å²) in [6.07, 6.45) is 1.57. The number of ether oxygens (including phenoxy) is 2. The van der Waals surface area contributed by atoms with E-state index < -0.39 is 11.7 Å². The van der Waals surface area contributed by atoms with E-state index in [9.17, 15) is 14.0 Å². The number of amides is 2. The van der Waals surface area contributed by atoms with Gasteiger partial charge in [0.1, 0.15) is 12.4 Å². The van der Waals surface area contributed by atoms with Crippen molar-refractivity contribution in [2.45, 2.75) is 0 Å². The number of benzene rings is 2. The van der Waals surface area contributed by atoms with Crippen molar-refractivity contribution in [2.75, 3.05) is 20.3 Å². The molecule has 1 fully saturated rings. The Morgan fingerprint density at radius 3 is 2.63 bits per heavy atom. The number of thioether (sulfide) groups is 1. The summed E-state index contributed by atoms with van der Waals surface area (Å²) >= 11 is 3.95. The molecule has 0 atom stereocenters. The third kappa shape index (κ3) is 4.51. The van der Waals surface area contributed by atoms with Crippen LogP contribution in [0.15, 0.2) is 51.8 Å². The minimum Gasteiger partial charge on any atom is -0.493 e. The topological polar surface area (TPSA) is 55.8 Å². The first kappa shape index (κ1) is 19.4. The largest absolute Gasteiger partial charge is 0.493 e. The molecule has 27 heavy (non-hydrogen) atoms. The average Bonchev–Trinajstić information content (AvgIpc) is 2.92. The fourth-order valence-corrected chi connectivity index (χ4v) is 3.69. The Morgan fingerprint density at radius 2 is 1.93 bits per heavy atom. The summed E-state index contributed by atoms with van der Waals surface area (Å²) in [5, 5.41) is -0.365. The lowest BCUT2D eigenvalue weighted by molar-refractivity contribution is -0.123. The van der Waals surface area contributed by atoms with Crippen molar-refractivity contribution in [2.24, 2.45) is 0 Å². The quantitative estimate of drug-likeness (QED) is 0.595. The maximum atomic E-state index is 13.3. The molecule has 5 nitrogen and oxygen atoms in total. The zero-order chi connectivity index (χ0) is 19.4. The standard InChI is InChI=1S/C19H15BrFNO4S/c1-25-15-4-2-3-5-16(15)26-9-8-22-18(23)17(27-19(22)24)11-12-6-7-14(21)13(20)10-12/h2-7,10-11H,8-9H2,1H3/b17-11-. The van der Waals surface area contributed by atoms with Crippen molar-refractivity contribution in [3.8, 4) is 11.5 Å². The molecule has 8 heteroatoms. The van der Waals surface area contributed by atoms with Crippen LogP contribution in [0.3, 0.4) is 0 Å². The SMILES string of the molecule is COc1ccccc1OCCN1C(=O)S/C(=C\c2ccc(F)c(Br)c2)C1=O. The molecule has 0 unspecified atom stereocenters. The van der Waals surface area contributed by atoms with Gasteiger partial charge in [-0.15, -0.1) is 0 Å². The number of nitrogens with zero attached hydrogens (tertiary/aromatic N) is 1. The third-order valence-electron chi connectivity index (χ3n) is 3.76. The van der Waals surface area contributed by atoms with E-state index in [4.69, 9.17) is 9.47 Å². The van der Waals surface area contributed by atoms with E-state index in [0.717, 1.165) is 16.7 Å². The molecule has 0 saturated carbocycles. The van der Waals surface area contributed by atoms with Crippen LogP contribution in [-0.2, 0) is 4.79 Å². The van der Waals surface area contributed by atoms with Gasteiger partial charge in [-0.05, 0) is 63.6 Å². The maximum Gasteiger partial charge on any atom is 0.293 e. The van der Waals surface area contributed by atoms with Crippen LogP contribution >= 0.6 is 27.7 Å². The Hall–Kier alpha value is -2.32. The number of rotatable bonds is 6. The van der Waals surface area contributed by atoms with E-state index in [-0.39, 0.29) is 23.3 Å². The lowest BCUT2D eigenvalue weighted by Gasteiger charge is -2.14. The monoisotopic (exact) mass is 451 g/mol. The molecule has 0 bridgehead atoms. The van der Waals surface area contributed by atoms with Gasteiger partial charge in [-0.2, -0.15) is 0 Å². The number of imide groups is 1. The smallest absolute Gasteiger partial charge is 0.293 e. The Labute approximate surface area is 168 Å². The van der Waals surface area contributed by atoms with Crippen LogP contribution in [0.2, 0.25) is 0 Å². The molecule has 2 aromatic carbocycles. The maximum absolute atomic E-state index is 13.3. The van der Waals surface area contributed by atoms with Crippen molar-refractivity contribution in [1.82, 2.24) is 4.90 Å². The van der Waals surface area contributed by atoms with Gasteiger partial charge in [0.25, 0.3) is 11.1 Å². The summed E-state index contributed by atoms with van der Waals surface area (Å²) in [4.78, 5) is 26.1. The highest BCUT2D eigenvalue weighted by atomic mass is 79.9. The van der Waals surface area contributed by atoms with Crippen LogP contribution in [0, 0.1) is 5.82 Å². The van der Waals surface area contributed by atoms with Crippen molar-refractivity contribution < 1.29 is 23.5 Å². The van der Waals surface area contributed by atoms with Crippen molar-refractivity contribution in [3.63, 3.8) is 0 Å². The summed E-state index contributed by atoms with van der Waals surface area (Å²) < 4.78 is 24.4. The van der Waals surface area contributed by atoms with Crippen LogP contribution < -0.4 is 9.47 Å². The molecule has 1 heterocycles. The van der Waals surface area contributed by atoms with E-state index in [0.29, 0.717) is 21.5 Å². The first-order valence-electron chi connectivity index (χ1n) is 7.96. The minimum absolute atomic E-state index is 0.118. The number of para-hydroxylation sites is 2. The van der Waals surface area contributed by atoms with Gasteiger partial charge < -0.3 is 9.47 Å². The first-order chi connectivity index (χ1) is 13.0. The lowest BCUT2D eigenvalue weighted by Crippen LogP contribution is -2.32. The fraction of sp³-hybridized carbons (Fsp3) is 0.158. The number of halogens is 2. The van der Waals surface area contributed by atoms with Crippen molar-refractivity contribution in [3.05, 3.63) is 63.2 Å². The molecule has 2 aromatic rings. The van der Waals surface area contributed by atoms with Gasteiger partial charge in [0.15, 0.2) is 11.5 Å². The molecule has 1 saturated heterocycles. The van der Waals surface area contributed by atoms with E-state index in [1.165, 1.54) is 13.2 Å². The van der Waals surface area contributed by atoms with Gasteiger partial charge in [0, 0.05) is 0 Å². The summed E-state index contributed by atoms with van der Waals surface area (Å²) in [6.45, 7) is 0.265. The van der Waals surface area contributed by atoms with Crippen LogP contribution in [0.5, 0.6) is 11.5 Å². The Kier molecular flexibility index (Phi) is 6.18. The Morgan fingerprint density at radius 1 is 1.19 bits per heavy atom. The molecular weight excluding hydrogens is 437 g/mol. The van der Waals surface area contributed by atoms with Crippen molar-refractivity contribution in [1.29, 1.82) is 0 Å². The zero-order valence-corrected chi connectivity index (χ0v) is 16.7. The summed E-state index contributed by atoms with van der Waals surface area (Å²) in [7, 11) is 1.54. The Balaban J connectivity index is 1.65. The van der Waals surface area contributed by atoms with Crippen LogP contribution in [0.1, 0.15) is 5.56 Å². The minimum atomic E-state index is -0.395. The van der Waals surface area contributed by atoms with Crippen LogP contribution in [0.4, 0.5) is 9.18 Å². The zero-order valence-electron chi connectivity index (χ0n) is 14.3. The summed E-state index contributed by atoms with van der Waals surface area (Å²) in [6, 6.07) is 11.5. The van der Waals surface area contributed by atoms with E-state index in [2.05, 4.69) is 15.9 Å². The molecule has 0 aromatic heterocycles. The molecule has 0 N–H and O–H groups in total. The number of carbonyl (C=O) groups is 2. The van der Waals surface area contributed by atoms with E-state index in [1.807, 2.05) is 12.1 Å². The second-order valence-electron chi connectivity index (χ2n) is 5.51. The molecule has 1 aliphatic heterocycles. The van der Waals surface area contributed by atoms with Crippen LogP contribution in [-0.4, -0.2) is 36.3 Å². The fourth-order valence-electron chi connectivity index (χ4n) is 2.43. The van der Waals surface area contributed by atoms with Gasteiger partial charge >= 0.3 is 0 Å². The Bertz CT molecular complexity index is 918. The first-order valence-corrected chi connectivity index (χ1v) is 9.57. The normalized spacial score (nSPS) is 15.5. The number of hydrogen-bond acceptors (Lipinski definition) is 5. The van der Waals surface area contributed by atoms with E-state index in [1.54, 1.807) is 30.3 Å². The highest BCUT2D eigenvalue weighted by Crippen LogP contribution is 2.33. The number of methoxy groups -OCH3 is 1.